The quantitative estimate of drug-likeness (QED) is 0.607. The Morgan fingerprint density at radius 1 is 1.36 bits per heavy atom. The molecule has 1 aromatic heterocycles. The molecule has 1 fully saturated rings. The van der Waals surface area contributed by atoms with Gasteiger partial charge in [-0.1, -0.05) is 0 Å². The molecule has 0 saturated carbocycles. The van der Waals surface area contributed by atoms with Crippen LogP contribution in [0, 0.1) is 5.82 Å². The van der Waals surface area contributed by atoms with Crippen LogP contribution < -0.4 is 21.1 Å². The van der Waals surface area contributed by atoms with Crippen molar-refractivity contribution >= 4 is 34.0 Å². The topological polar surface area (TPSA) is 107 Å². The van der Waals surface area contributed by atoms with Crippen LogP contribution in [0.3, 0.4) is 0 Å². The van der Waals surface area contributed by atoms with Gasteiger partial charge in [-0.2, -0.15) is 4.98 Å². The van der Waals surface area contributed by atoms with E-state index >= 15 is 0 Å². The normalized spacial score (nSPS) is 15.8. The number of amidine groups is 1. The number of amides is 1. The van der Waals surface area contributed by atoms with Crippen LogP contribution in [-0.4, -0.2) is 29.4 Å². The molecule has 1 aliphatic rings. The second-order valence-electron chi connectivity index (χ2n) is 7.05. The van der Waals surface area contributed by atoms with Crippen LogP contribution in [0.4, 0.5) is 15.9 Å². The highest BCUT2D eigenvalue weighted by Crippen LogP contribution is 2.35. The summed E-state index contributed by atoms with van der Waals surface area (Å²) in [6, 6.07) is 4.66. The third-order valence-corrected chi connectivity index (χ3v) is 4.18. The number of anilines is 1. The number of nitrogens with two attached hydrogens (primary N) is 2. The van der Waals surface area contributed by atoms with E-state index in [0.29, 0.717) is 41.7 Å². The molecule has 7 nitrogen and oxygen atoms in total. The molecule has 0 atom stereocenters. The van der Waals surface area contributed by atoms with Crippen molar-refractivity contribution in [1.82, 2.24) is 4.98 Å². The van der Waals surface area contributed by atoms with Gasteiger partial charge in [-0.25, -0.2) is 9.38 Å². The molecule has 0 unspecified atom stereocenters. The fourth-order valence-electron chi connectivity index (χ4n) is 3.10. The summed E-state index contributed by atoms with van der Waals surface area (Å²) in [4.78, 5) is 22.1. The smallest absolute Gasteiger partial charge is 0.227 e. The van der Waals surface area contributed by atoms with E-state index in [1.54, 1.807) is 19.1 Å². The lowest BCUT2D eigenvalue weighted by atomic mass is 10.1. The first kappa shape index (κ1) is 19.6. The van der Waals surface area contributed by atoms with Gasteiger partial charge in [-0.15, -0.1) is 0 Å². The van der Waals surface area contributed by atoms with Gasteiger partial charge in [0.1, 0.15) is 11.7 Å². The lowest BCUT2D eigenvalue weighted by Gasteiger charge is -2.18. The molecule has 1 amide bonds. The highest BCUT2D eigenvalue weighted by molar-refractivity contribution is 6.00. The highest BCUT2D eigenvalue weighted by Gasteiger charge is 2.25. The molecule has 0 spiro atoms. The first-order chi connectivity index (χ1) is 13.2. The number of rotatable bonds is 5. The number of pyridine rings is 1. The molecule has 1 aliphatic heterocycles. The van der Waals surface area contributed by atoms with E-state index < -0.39 is 5.82 Å². The van der Waals surface area contributed by atoms with Gasteiger partial charge in [0.15, 0.2) is 5.82 Å². The molecule has 3 rings (SSSR count). The number of hydrogen-bond donors (Lipinski definition) is 2. The predicted octanol–water partition coefficient (Wildman–Crippen LogP) is 3.14. The predicted molar refractivity (Wildman–Crippen MR) is 108 cm³/mol. The molecule has 28 heavy (non-hydrogen) atoms. The molecule has 0 aliphatic carbocycles. The van der Waals surface area contributed by atoms with Crippen molar-refractivity contribution in [3.8, 4) is 5.88 Å². The van der Waals surface area contributed by atoms with Gasteiger partial charge in [0.25, 0.3) is 0 Å². The maximum absolute atomic E-state index is 14.8. The molecular formula is C20H24FN5O2. The average molecular weight is 385 g/mol. The lowest BCUT2D eigenvalue weighted by molar-refractivity contribution is -0.117. The Labute approximate surface area is 162 Å². The van der Waals surface area contributed by atoms with Gasteiger partial charge < -0.3 is 21.1 Å². The number of hydrogen-bond acceptors (Lipinski definition) is 5. The third-order valence-electron chi connectivity index (χ3n) is 4.18. The van der Waals surface area contributed by atoms with Gasteiger partial charge in [-0.3, -0.25) is 4.79 Å². The zero-order valence-electron chi connectivity index (χ0n) is 16.2. The molecule has 1 saturated heterocycles. The summed E-state index contributed by atoms with van der Waals surface area (Å²) in [6.45, 7) is 5.91. The SMILES string of the molecule is C/C(N)=C/C(N)=N\c1cc2cc(N3CCCC3=O)c(F)cc2c(OC(C)C)n1. The van der Waals surface area contributed by atoms with Gasteiger partial charge >= 0.3 is 0 Å². The number of fused-ring (bicyclic) bond motifs is 1. The second kappa shape index (κ2) is 7.84. The van der Waals surface area contributed by atoms with Crippen molar-refractivity contribution in [1.29, 1.82) is 0 Å². The third kappa shape index (κ3) is 4.21. The molecule has 2 aromatic rings. The molecule has 2 heterocycles. The van der Waals surface area contributed by atoms with Crippen molar-refractivity contribution in [3.05, 3.63) is 35.8 Å². The summed E-state index contributed by atoms with van der Waals surface area (Å²) in [5, 5.41) is 1.16. The minimum Gasteiger partial charge on any atom is -0.474 e. The number of benzene rings is 1. The van der Waals surface area contributed by atoms with Crippen molar-refractivity contribution in [3.63, 3.8) is 0 Å². The Hall–Kier alpha value is -3.16. The van der Waals surface area contributed by atoms with Crippen LogP contribution in [0.15, 0.2) is 35.0 Å². The van der Waals surface area contributed by atoms with Gasteiger partial charge in [0.05, 0.1) is 11.8 Å². The molecule has 1 aromatic carbocycles. The summed E-state index contributed by atoms with van der Waals surface area (Å²) in [5.41, 5.74) is 12.3. The fourth-order valence-corrected chi connectivity index (χ4v) is 3.10. The number of aromatic nitrogens is 1. The highest BCUT2D eigenvalue weighted by atomic mass is 19.1. The molecule has 0 bridgehead atoms. The Kier molecular flexibility index (Phi) is 5.48. The summed E-state index contributed by atoms with van der Waals surface area (Å²) < 4.78 is 20.5. The maximum atomic E-state index is 14.8. The van der Waals surface area contributed by atoms with Gasteiger partial charge in [-0.05, 0) is 56.9 Å². The van der Waals surface area contributed by atoms with Crippen LogP contribution in [0.1, 0.15) is 33.6 Å². The Morgan fingerprint density at radius 2 is 2.11 bits per heavy atom. The first-order valence-corrected chi connectivity index (χ1v) is 9.14. The van der Waals surface area contributed by atoms with Gasteiger partial charge in [0.2, 0.25) is 11.8 Å². The summed E-state index contributed by atoms with van der Waals surface area (Å²) >= 11 is 0. The monoisotopic (exact) mass is 385 g/mol. The van der Waals surface area contributed by atoms with E-state index in [1.807, 2.05) is 13.8 Å². The van der Waals surface area contributed by atoms with Crippen LogP contribution in [-0.2, 0) is 4.79 Å². The number of carbonyl (C=O) groups excluding carboxylic acids is 1. The minimum atomic E-state index is -0.490. The van der Waals surface area contributed by atoms with E-state index in [4.69, 9.17) is 16.2 Å². The number of carbonyl (C=O) groups is 1. The minimum absolute atomic E-state index is 0.0861. The first-order valence-electron chi connectivity index (χ1n) is 9.14. The molecular weight excluding hydrogens is 361 g/mol. The summed E-state index contributed by atoms with van der Waals surface area (Å²) in [7, 11) is 0. The van der Waals surface area contributed by atoms with E-state index in [9.17, 15) is 9.18 Å². The number of allylic oxidation sites excluding steroid dienone is 1. The Bertz CT molecular complexity index is 980. The lowest BCUT2D eigenvalue weighted by Crippen LogP contribution is -2.24. The largest absolute Gasteiger partial charge is 0.474 e. The number of nitrogens with zero attached hydrogens (tertiary/aromatic N) is 3. The Morgan fingerprint density at radius 3 is 2.71 bits per heavy atom. The zero-order valence-corrected chi connectivity index (χ0v) is 16.2. The number of halogens is 1. The molecule has 0 radical (unpaired) electrons. The van der Waals surface area contributed by atoms with E-state index in [-0.39, 0.29) is 29.4 Å². The standard InChI is InChI=1S/C20H24FN5O2/c1-11(2)28-20-14-10-15(21)16(26-6-4-5-19(26)27)8-13(14)9-18(25-20)24-17(23)7-12(3)22/h7-11H,4-6,22H2,1-3H3,(H2,23,24,25)/b12-7-. The van der Waals surface area contributed by atoms with Crippen LogP contribution in [0.2, 0.25) is 0 Å². The van der Waals surface area contributed by atoms with Crippen LogP contribution >= 0.6 is 0 Å². The zero-order chi connectivity index (χ0) is 20.4. The van der Waals surface area contributed by atoms with Crippen molar-refractivity contribution in [2.45, 2.75) is 39.7 Å². The maximum Gasteiger partial charge on any atom is 0.227 e. The van der Waals surface area contributed by atoms with Gasteiger partial charge in [0, 0.05) is 24.0 Å². The molecule has 148 valence electrons. The summed E-state index contributed by atoms with van der Waals surface area (Å²) in [5.74, 6) is 0.182. The van der Waals surface area contributed by atoms with E-state index in [2.05, 4.69) is 9.98 Å². The van der Waals surface area contributed by atoms with Crippen molar-refractivity contribution in [2.24, 2.45) is 16.5 Å². The second-order valence-corrected chi connectivity index (χ2v) is 7.05. The van der Waals surface area contributed by atoms with Crippen LogP contribution in [0.5, 0.6) is 5.88 Å². The number of aliphatic imine (C=N–C) groups is 1. The average Bonchev–Trinajstić information content (AvgIpc) is 2.99. The molecule has 4 N–H and O–H groups in total. The fraction of sp³-hybridized carbons (Fsp3) is 0.350. The number of ether oxygens (including phenoxy) is 1. The van der Waals surface area contributed by atoms with E-state index in [0.717, 1.165) is 0 Å². The van der Waals surface area contributed by atoms with Crippen molar-refractivity contribution < 1.29 is 13.9 Å². The Balaban J connectivity index is 2.17. The summed E-state index contributed by atoms with van der Waals surface area (Å²) in [6.07, 6.45) is 2.49. The van der Waals surface area contributed by atoms with Crippen LogP contribution in [0.25, 0.3) is 10.8 Å². The van der Waals surface area contributed by atoms with E-state index in [1.165, 1.54) is 17.0 Å². The van der Waals surface area contributed by atoms with Crippen molar-refractivity contribution in [2.75, 3.05) is 11.4 Å². The molecule has 8 heteroatoms.